The van der Waals surface area contributed by atoms with Crippen molar-refractivity contribution in [1.82, 2.24) is 4.98 Å². The minimum absolute atomic E-state index is 0.107. The maximum atomic E-state index is 6.82. The minimum Gasteiger partial charge on any atom is -0.402 e. The average Bonchev–Trinajstić information content (AvgIpc) is 2.69. The van der Waals surface area contributed by atoms with E-state index in [-0.39, 0.29) is 16.2 Å². The maximum Gasteiger partial charge on any atom is 0.494 e. The number of ether oxygens (including phenoxy) is 1. The number of aromatic nitrogens is 1. The molecule has 2 saturated heterocycles. The molecule has 0 radical (unpaired) electrons. The molecule has 5 nitrogen and oxygen atoms in total. The summed E-state index contributed by atoms with van der Waals surface area (Å²) < 4.78 is 25.7. The maximum absolute atomic E-state index is 6.82. The molecule has 0 saturated carbocycles. The van der Waals surface area contributed by atoms with Gasteiger partial charge >= 0.3 is 7.12 Å². The molecule has 2 aliphatic rings. The van der Waals surface area contributed by atoms with Crippen molar-refractivity contribution < 1.29 is 18.5 Å². The smallest absolute Gasteiger partial charge is 0.402 e. The van der Waals surface area contributed by atoms with Crippen LogP contribution < -0.4 is 5.46 Å². The SMILES string of the molecule is CC1(C)OB(c2cc(Br)nc(C3(O[Si](C)(C)C(C)(C)C)COC3)c2)OC1(C)C. The summed E-state index contributed by atoms with van der Waals surface area (Å²) in [4.78, 5) is 4.76. The summed E-state index contributed by atoms with van der Waals surface area (Å²) in [5, 5.41) is 0.107. The second-order valence-corrected chi connectivity index (χ2v) is 16.1. The van der Waals surface area contributed by atoms with Gasteiger partial charge in [-0.25, -0.2) is 4.98 Å². The quantitative estimate of drug-likeness (QED) is 0.483. The molecule has 2 fully saturated rings. The van der Waals surface area contributed by atoms with E-state index >= 15 is 0 Å². The molecule has 1 aromatic heterocycles. The van der Waals surface area contributed by atoms with Crippen LogP contribution >= 0.6 is 15.9 Å². The van der Waals surface area contributed by atoms with Crippen molar-refractivity contribution in [1.29, 1.82) is 0 Å². The molecule has 0 aliphatic carbocycles. The Balaban J connectivity index is 1.95. The monoisotopic (exact) mass is 469 g/mol. The lowest BCUT2D eigenvalue weighted by molar-refractivity contribution is -0.177. The van der Waals surface area contributed by atoms with Gasteiger partial charge in [-0.05, 0) is 79.4 Å². The Morgan fingerprint density at radius 1 is 1.07 bits per heavy atom. The minimum atomic E-state index is -2.00. The third kappa shape index (κ3) is 3.88. The third-order valence-corrected chi connectivity index (χ3v) is 11.7. The molecule has 0 amide bonds. The fourth-order valence-corrected chi connectivity index (χ4v) is 5.01. The lowest BCUT2D eigenvalue weighted by Crippen LogP contribution is -2.58. The standard InChI is InChI=1S/C20H33BBrNO4Si/c1-17(2,3)28(8,9)27-20(12-24-13-20)15-10-14(11-16(22)23-15)21-25-18(4,5)19(6,7)26-21/h10-11H,12-13H2,1-9H3. The fourth-order valence-electron chi connectivity index (χ4n) is 3.05. The summed E-state index contributed by atoms with van der Waals surface area (Å²) in [7, 11) is -2.44. The molecular weight excluding hydrogens is 437 g/mol. The van der Waals surface area contributed by atoms with Crippen LogP contribution in [0.3, 0.4) is 0 Å². The predicted octanol–water partition coefficient (Wildman–Crippen LogP) is 4.39. The summed E-state index contributed by atoms with van der Waals surface area (Å²) in [5.41, 5.74) is 0.541. The van der Waals surface area contributed by atoms with Gasteiger partial charge in [0.1, 0.15) is 10.2 Å². The highest BCUT2D eigenvalue weighted by Crippen LogP contribution is 2.44. The second-order valence-electron chi connectivity index (χ2n) is 10.5. The first-order valence-corrected chi connectivity index (χ1v) is 13.6. The van der Waals surface area contributed by atoms with Gasteiger partial charge in [-0.1, -0.05) is 20.8 Å². The van der Waals surface area contributed by atoms with E-state index in [0.29, 0.717) is 13.2 Å². The molecule has 8 heteroatoms. The van der Waals surface area contributed by atoms with E-state index < -0.39 is 21.0 Å². The molecule has 2 aliphatic heterocycles. The Morgan fingerprint density at radius 3 is 2.04 bits per heavy atom. The molecule has 3 heterocycles. The second kappa shape index (κ2) is 6.89. The van der Waals surface area contributed by atoms with Crippen molar-refractivity contribution in [3.8, 4) is 0 Å². The van der Waals surface area contributed by atoms with Crippen LogP contribution in [-0.4, -0.2) is 44.8 Å². The van der Waals surface area contributed by atoms with E-state index in [4.69, 9.17) is 23.5 Å². The van der Waals surface area contributed by atoms with Gasteiger partial charge < -0.3 is 18.5 Å². The van der Waals surface area contributed by atoms with Gasteiger partial charge in [0.15, 0.2) is 8.32 Å². The summed E-state index contributed by atoms with van der Waals surface area (Å²) in [6.45, 7) is 20.6. The van der Waals surface area contributed by atoms with Crippen molar-refractivity contribution in [2.24, 2.45) is 0 Å². The van der Waals surface area contributed by atoms with Crippen LogP contribution in [0.1, 0.15) is 54.2 Å². The van der Waals surface area contributed by atoms with Gasteiger partial charge in [0, 0.05) is 0 Å². The Labute approximate surface area is 179 Å². The molecule has 0 spiro atoms. The van der Waals surface area contributed by atoms with E-state index in [9.17, 15) is 0 Å². The van der Waals surface area contributed by atoms with Crippen LogP contribution in [0.5, 0.6) is 0 Å². The van der Waals surface area contributed by atoms with Crippen molar-refractivity contribution in [3.63, 3.8) is 0 Å². The number of halogens is 1. The van der Waals surface area contributed by atoms with Crippen LogP contribution in [0.15, 0.2) is 16.7 Å². The Hall–Kier alpha value is -0.248. The number of pyridine rings is 1. The molecular formula is C20H33BBrNO4Si. The lowest BCUT2D eigenvalue weighted by atomic mass is 9.78. The topological polar surface area (TPSA) is 49.8 Å². The number of nitrogens with zero attached hydrogens (tertiary/aromatic N) is 1. The molecule has 1 aromatic rings. The highest BCUT2D eigenvalue weighted by atomic mass is 79.9. The molecule has 3 rings (SSSR count). The van der Waals surface area contributed by atoms with Crippen molar-refractivity contribution in [2.45, 2.75) is 83.4 Å². The lowest BCUT2D eigenvalue weighted by Gasteiger charge is -2.49. The zero-order valence-electron chi connectivity index (χ0n) is 18.6. The van der Waals surface area contributed by atoms with E-state index in [2.05, 4.69) is 83.6 Å². The molecule has 0 N–H and O–H groups in total. The van der Waals surface area contributed by atoms with Crippen molar-refractivity contribution in [3.05, 3.63) is 22.4 Å². The van der Waals surface area contributed by atoms with Gasteiger partial charge in [-0.15, -0.1) is 0 Å². The van der Waals surface area contributed by atoms with Gasteiger partial charge in [0.25, 0.3) is 0 Å². The van der Waals surface area contributed by atoms with Crippen LogP contribution in [0.25, 0.3) is 0 Å². The van der Waals surface area contributed by atoms with Gasteiger partial charge in [-0.3, -0.25) is 0 Å². The van der Waals surface area contributed by atoms with E-state index in [0.717, 1.165) is 15.8 Å². The zero-order valence-corrected chi connectivity index (χ0v) is 21.2. The molecule has 156 valence electrons. The molecule has 0 aromatic carbocycles. The Kier molecular flexibility index (Phi) is 5.52. The molecule has 0 bridgehead atoms. The third-order valence-electron chi connectivity index (χ3n) is 6.74. The zero-order chi connectivity index (χ0) is 21.2. The van der Waals surface area contributed by atoms with E-state index in [1.807, 2.05) is 6.07 Å². The summed E-state index contributed by atoms with van der Waals surface area (Å²) in [6.07, 6.45) is 0. The van der Waals surface area contributed by atoms with Crippen LogP contribution in [-0.2, 0) is 24.1 Å². The molecule has 28 heavy (non-hydrogen) atoms. The van der Waals surface area contributed by atoms with Gasteiger partial charge in [-0.2, -0.15) is 0 Å². The first-order chi connectivity index (χ1) is 12.6. The van der Waals surface area contributed by atoms with Crippen molar-refractivity contribution in [2.75, 3.05) is 13.2 Å². The van der Waals surface area contributed by atoms with Gasteiger partial charge in [0.05, 0.1) is 30.1 Å². The largest absolute Gasteiger partial charge is 0.494 e. The summed E-state index contributed by atoms with van der Waals surface area (Å²) >= 11 is 3.57. The van der Waals surface area contributed by atoms with Crippen LogP contribution in [0, 0.1) is 0 Å². The van der Waals surface area contributed by atoms with Crippen LogP contribution in [0.4, 0.5) is 0 Å². The predicted molar refractivity (Wildman–Crippen MR) is 118 cm³/mol. The number of hydrogen-bond donors (Lipinski definition) is 0. The normalized spacial score (nSPS) is 23.6. The fraction of sp³-hybridized carbons (Fsp3) is 0.750. The Morgan fingerprint density at radius 2 is 1.61 bits per heavy atom. The molecule has 0 unspecified atom stereocenters. The van der Waals surface area contributed by atoms with E-state index in [1.165, 1.54) is 0 Å². The number of rotatable bonds is 4. The average molecular weight is 470 g/mol. The van der Waals surface area contributed by atoms with E-state index in [1.54, 1.807) is 0 Å². The highest BCUT2D eigenvalue weighted by molar-refractivity contribution is 9.10. The van der Waals surface area contributed by atoms with Crippen LogP contribution in [0.2, 0.25) is 18.1 Å². The van der Waals surface area contributed by atoms with Crippen molar-refractivity contribution >= 4 is 36.8 Å². The highest BCUT2D eigenvalue weighted by Gasteiger charge is 2.54. The molecule has 0 atom stereocenters. The summed E-state index contributed by atoms with van der Waals surface area (Å²) in [5.74, 6) is 0. The first-order valence-electron chi connectivity index (χ1n) is 9.90. The Bertz CT molecular complexity index is 743. The number of hydrogen-bond acceptors (Lipinski definition) is 5. The summed E-state index contributed by atoms with van der Waals surface area (Å²) in [6, 6.07) is 4.02. The first kappa shape index (κ1) is 22.4. The van der Waals surface area contributed by atoms with Gasteiger partial charge in [0.2, 0.25) is 0 Å².